The highest BCUT2D eigenvalue weighted by atomic mass is 79.9. The Morgan fingerprint density at radius 3 is 2.75 bits per heavy atom. The van der Waals surface area contributed by atoms with E-state index in [1.807, 2.05) is 50.4 Å². The van der Waals surface area contributed by atoms with Crippen molar-refractivity contribution >= 4 is 15.9 Å². The average molecular weight is 336 g/mol. The smallest absolute Gasteiger partial charge is 0.264 e. The van der Waals surface area contributed by atoms with Crippen LogP contribution in [0, 0.1) is 13.8 Å². The number of rotatable bonds is 5. The molecule has 0 N–H and O–H groups in total. The number of halogens is 1. The molecule has 0 unspecified atom stereocenters. The summed E-state index contributed by atoms with van der Waals surface area (Å²) in [5, 5.41) is 0. The number of hydrogen-bond donors (Lipinski definition) is 0. The van der Waals surface area contributed by atoms with Crippen LogP contribution >= 0.6 is 15.9 Å². The molecule has 106 valence electrons. The van der Waals surface area contributed by atoms with E-state index in [2.05, 4.69) is 15.9 Å². The van der Waals surface area contributed by atoms with Gasteiger partial charge in [0.1, 0.15) is 5.75 Å². The van der Waals surface area contributed by atoms with Crippen LogP contribution in [0.5, 0.6) is 5.75 Å². The van der Waals surface area contributed by atoms with E-state index in [1.165, 1.54) is 5.56 Å². The van der Waals surface area contributed by atoms with Crippen LogP contribution in [0.4, 0.5) is 0 Å². The fourth-order valence-electron chi connectivity index (χ4n) is 2.04. The van der Waals surface area contributed by atoms with E-state index in [1.54, 1.807) is 4.57 Å². The van der Waals surface area contributed by atoms with Gasteiger partial charge in [0.25, 0.3) is 5.56 Å². The van der Waals surface area contributed by atoms with Gasteiger partial charge in [-0.2, -0.15) is 0 Å². The number of ether oxygens (including phenoxy) is 1. The fraction of sp³-hybridized carbons (Fsp3) is 0.312. The van der Waals surface area contributed by atoms with Crippen molar-refractivity contribution in [2.24, 2.45) is 0 Å². The largest absolute Gasteiger partial charge is 0.494 e. The lowest BCUT2D eigenvalue weighted by Crippen LogP contribution is -2.21. The van der Waals surface area contributed by atoms with Gasteiger partial charge in [0, 0.05) is 12.7 Å². The molecule has 0 saturated heterocycles. The number of aromatic nitrogens is 1. The molecule has 0 spiro atoms. The second-order valence-corrected chi connectivity index (χ2v) is 5.74. The zero-order chi connectivity index (χ0) is 14.5. The van der Waals surface area contributed by atoms with Crippen molar-refractivity contribution in [3.8, 4) is 5.75 Å². The van der Waals surface area contributed by atoms with Crippen LogP contribution in [0.3, 0.4) is 0 Å². The predicted octanol–water partition coefficient (Wildman–Crippen LogP) is 3.70. The van der Waals surface area contributed by atoms with E-state index < -0.39 is 0 Å². The zero-order valence-corrected chi connectivity index (χ0v) is 13.3. The zero-order valence-electron chi connectivity index (χ0n) is 11.7. The third-order valence-corrected chi connectivity index (χ3v) is 3.55. The Balaban J connectivity index is 1.89. The Bertz CT molecular complexity index is 649. The molecule has 0 amide bonds. The first-order valence-electron chi connectivity index (χ1n) is 6.62. The minimum absolute atomic E-state index is 0.00570. The van der Waals surface area contributed by atoms with Gasteiger partial charge in [-0.25, -0.2) is 0 Å². The topological polar surface area (TPSA) is 31.2 Å². The van der Waals surface area contributed by atoms with Crippen molar-refractivity contribution in [1.29, 1.82) is 0 Å². The van der Waals surface area contributed by atoms with Crippen LogP contribution in [0.2, 0.25) is 0 Å². The summed E-state index contributed by atoms with van der Waals surface area (Å²) in [4.78, 5) is 11.9. The monoisotopic (exact) mass is 335 g/mol. The standard InChI is InChI=1S/C16H18BrNO2/c1-12-5-3-6-14(9-12)20-8-4-7-18-11-13(2)10-15(17)16(18)19/h3,5-6,9-11H,4,7-8H2,1-2H3. The second kappa shape index (κ2) is 6.75. The maximum Gasteiger partial charge on any atom is 0.264 e. The number of nitrogens with zero attached hydrogens (tertiary/aromatic N) is 1. The molecule has 0 radical (unpaired) electrons. The summed E-state index contributed by atoms with van der Waals surface area (Å²) in [6.45, 7) is 5.27. The van der Waals surface area contributed by atoms with Crippen LogP contribution < -0.4 is 10.3 Å². The van der Waals surface area contributed by atoms with Crippen molar-refractivity contribution in [2.75, 3.05) is 6.61 Å². The third-order valence-electron chi connectivity index (χ3n) is 2.98. The maximum absolute atomic E-state index is 11.9. The first-order chi connectivity index (χ1) is 9.56. The van der Waals surface area contributed by atoms with Gasteiger partial charge in [0.05, 0.1) is 11.1 Å². The van der Waals surface area contributed by atoms with Gasteiger partial charge in [-0.05, 0) is 65.5 Å². The lowest BCUT2D eigenvalue weighted by molar-refractivity contribution is 0.300. The van der Waals surface area contributed by atoms with Gasteiger partial charge in [-0.3, -0.25) is 4.79 Å². The van der Waals surface area contributed by atoms with Gasteiger partial charge in [-0.15, -0.1) is 0 Å². The molecule has 0 aliphatic heterocycles. The SMILES string of the molecule is Cc1cccc(OCCCn2cc(C)cc(Br)c2=O)c1. The summed E-state index contributed by atoms with van der Waals surface area (Å²) >= 11 is 3.29. The van der Waals surface area contributed by atoms with Gasteiger partial charge >= 0.3 is 0 Å². The molecule has 0 fully saturated rings. The first-order valence-corrected chi connectivity index (χ1v) is 7.41. The second-order valence-electron chi connectivity index (χ2n) is 4.88. The summed E-state index contributed by atoms with van der Waals surface area (Å²) in [6.07, 6.45) is 2.67. The van der Waals surface area contributed by atoms with Crippen molar-refractivity contribution in [2.45, 2.75) is 26.8 Å². The van der Waals surface area contributed by atoms with E-state index in [4.69, 9.17) is 4.74 Å². The van der Waals surface area contributed by atoms with Gasteiger partial charge in [-0.1, -0.05) is 12.1 Å². The lowest BCUT2D eigenvalue weighted by Gasteiger charge is -2.09. The molecule has 3 nitrogen and oxygen atoms in total. The summed E-state index contributed by atoms with van der Waals surface area (Å²) < 4.78 is 8.01. The molecule has 4 heteroatoms. The summed E-state index contributed by atoms with van der Waals surface area (Å²) in [7, 11) is 0. The highest BCUT2D eigenvalue weighted by Gasteiger charge is 2.02. The van der Waals surface area contributed by atoms with Crippen LogP contribution in [0.25, 0.3) is 0 Å². The Labute approximate surface area is 127 Å². The van der Waals surface area contributed by atoms with Gasteiger partial charge in [0.15, 0.2) is 0 Å². The van der Waals surface area contributed by atoms with Crippen LogP contribution in [0.1, 0.15) is 17.5 Å². The quantitative estimate of drug-likeness (QED) is 0.780. The van der Waals surface area contributed by atoms with Crippen molar-refractivity contribution < 1.29 is 4.74 Å². The Morgan fingerprint density at radius 2 is 2.00 bits per heavy atom. The minimum atomic E-state index is 0.00570. The van der Waals surface area contributed by atoms with Gasteiger partial charge in [0.2, 0.25) is 0 Å². The van der Waals surface area contributed by atoms with E-state index in [9.17, 15) is 4.79 Å². The normalized spacial score (nSPS) is 10.6. The third kappa shape index (κ3) is 3.97. The van der Waals surface area contributed by atoms with E-state index >= 15 is 0 Å². The molecule has 0 aliphatic carbocycles. The molecular formula is C16H18BrNO2. The highest BCUT2D eigenvalue weighted by molar-refractivity contribution is 9.10. The van der Waals surface area contributed by atoms with Crippen molar-refractivity contribution in [3.63, 3.8) is 0 Å². The Hall–Kier alpha value is -1.55. The highest BCUT2D eigenvalue weighted by Crippen LogP contribution is 2.12. The number of benzene rings is 1. The molecule has 0 bridgehead atoms. The van der Waals surface area contributed by atoms with Crippen LogP contribution in [-0.4, -0.2) is 11.2 Å². The summed E-state index contributed by atoms with van der Waals surface area (Å²) in [6, 6.07) is 9.81. The van der Waals surface area contributed by atoms with Gasteiger partial charge < -0.3 is 9.30 Å². The van der Waals surface area contributed by atoms with Crippen LogP contribution in [0.15, 0.2) is 45.8 Å². The fourth-order valence-corrected chi connectivity index (χ4v) is 2.63. The predicted molar refractivity (Wildman–Crippen MR) is 84.4 cm³/mol. The van der Waals surface area contributed by atoms with Crippen molar-refractivity contribution in [3.05, 3.63) is 62.5 Å². The summed E-state index contributed by atoms with van der Waals surface area (Å²) in [5.74, 6) is 0.878. The molecule has 2 aromatic rings. The first kappa shape index (κ1) is 14.9. The molecule has 0 aliphatic rings. The Kier molecular flexibility index (Phi) is 5.01. The van der Waals surface area contributed by atoms with E-state index in [0.717, 1.165) is 17.7 Å². The molecule has 1 aromatic carbocycles. The van der Waals surface area contributed by atoms with Crippen LogP contribution in [-0.2, 0) is 6.54 Å². The van der Waals surface area contributed by atoms with E-state index in [-0.39, 0.29) is 5.56 Å². The number of hydrogen-bond acceptors (Lipinski definition) is 2. The van der Waals surface area contributed by atoms with Crippen molar-refractivity contribution in [1.82, 2.24) is 4.57 Å². The molecule has 0 saturated carbocycles. The number of aryl methyl sites for hydroxylation is 3. The number of pyridine rings is 1. The lowest BCUT2D eigenvalue weighted by atomic mass is 10.2. The Morgan fingerprint density at radius 1 is 1.20 bits per heavy atom. The molecule has 0 atom stereocenters. The molecule has 2 rings (SSSR count). The molecule has 1 aromatic heterocycles. The molecule has 1 heterocycles. The molecular weight excluding hydrogens is 318 g/mol. The average Bonchev–Trinajstić information content (AvgIpc) is 2.40. The minimum Gasteiger partial charge on any atom is -0.494 e. The maximum atomic E-state index is 11.9. The summed E-state index contributed by atoms with van der Waals surface area (Å²) in [5.41, 5.74) is 2.25. The molecule has 20 heavy (non-hydrogen) atoms. The van der Waals surface area contributed by atoms with E-state index in [0.29, 0.717) is 17.6 Å².